The van der Waals surface area contributed by atoms with Crippen LogP contribution in [-0.4, -0.2) is 5.91 Å². The molecule has 20 heavy (non-hydrogen) atoms. The Labute approximate surface area is 125 Å². The van der Waals surface area contributed by atoms with E-state index in [2.05, 4.69) is 21.2 Å². The zero-order valence-corrected chi connectivity index (χ0v) is 12.5. The Bertz CT molecular complexity index is 658. The molecule has 0 heterocycles. The third kappa shape index (κ3) is 3.36. The van der Waals surface area contributed by atoms with Crippen molar-refractivity contribution in [3.8, 4) is 0 Å². The molecule has 3 nitrogen and oxygen atoms in total. The van der Waals surface area contributed by atoms with Crippen LogP contribution >= 0.6 is 15.9 Å². The summed E-state index contributed by atoms with van der Waals surface area (Å²) in [4.78, 5) is 12.1. The predicted molar refractivity (Wildman–Crippen MR) is 80.9 cm³/mol. The van der Waals surface area contributed by atoms with Crippen molar-refractivity contribution in [2.24, 2.45) is 0 Å². The molecule has 104 valence electrons. The van der Waals surface area contributed by atoms with Crippen LogP contribution in [0, 0.1) is 12.7 Å². The number of nitrogens with one attached hydrogen (secondary N) is 1. The molecular weight excluding hydrogens is 323 g/mol. The number of nitrogen functional groups attached to an aromatic ring is 1. The highest BCUT2D eigenvalue weighted by atomic mass is 79.9. The Hall–Kier alpha value is -1.88. The molecular formula is C15H14BrFN2O. The number of carbonyl (C=O) groups is 1. The first-order valence-electron chi connectivity index (χ1n) is 6.05. The van der Waals surface area contributed by atoms with Crippen molar-refractivity contribution in [1.82, 2.24) is 5.32 Å². The molecule has 0 radical (unpaired) electrons. The standard InChI is InChI=1S/C15H14BrFN2O/c1-9-6-12(18)3-4-13(9)15(20)19-8-10-7-11(16)2-5-14(10)17/h2-7H,8,18H2,1H3,(H,19,20). The smallest absolute Gasteiger partial charge is 0.251 e. The normalized spacial score (nSPS) is 10.3. The van der Waals surface area contributed by atoms with Crippen molar-refractivity contribution in [3.63, 3.8) is 0 Å². The van der Waals surface area contributed by atoms with Crippen molar-refractivity contribution < 1.29 is 9.18 Å². The molecule has 0 saturated carbocycles. The van der Waals surface area contributed by atoms with Crippen LogP contribution in [0.25, 0.3) is 0 Å². The summed E-state index contributed by atoms with van der Waals surface area (Å²) in [5.41, 5.74) is 8.01. The number of amides is 1. The van der Waals surface area contributed by atoms with E-state index in [4.69, 9.17) is 5.73 Å². The van der Waals surface area contributed by atoms with Crippen LogP contribution in [-0.2, 0) is 6.54 Å². The van der Waals surface area contributed by atoms with Crippen molar-refractivity contribution in [3.05, 3.63) is 63.4 Å². The molecule has 3 N–H and O–H groups in total. The van der Waals surface area contributed by atoms with E-state index < -0.39 is 0 Å². The van der Waals surface area contributed by atoms with E-state index in [-0.39, 0.29) is 18.3 Å². The van der Waals surface area contributed by atoms with Crippen LogP contribution in [0.5, 0.6) is 0 Å². The van der Waals surface area contributed by atoms with E-state index in [1.165, 1.54) is 6.07 Å². The number of aryl methyl sites for hydroxylation is 1. The van der Waals surface area contributed by atoms with E-state index in [1.807, 2.05) is 6.92 Å². The third-order valence-electron chi connectivity index (χ3n) is 2.94. The summed E-state index contributed by atoms with van der Waals surface area (Å²) in [5.74, 6) is -0.593. The summed E-state index contributed by atoms with van der Waals surface area (Å²) in [6, 6.07) is 9.68. The molecule has 0 unspecified atom stereocenters. The van der Waals surface area contributed by atoms with E-state index in [9.17, 15) is 9.18 Å². The molecule has 0 saturated heterocycles. The lowest BCUT2D eigenvalue weighted by Crippen LogP contribution is -2.24. The lowest BCUT2D eigenvalue weighted by atomic mass is 10.1. The van der Waals surface area contributed by atoms with Gasteiger partial charge < -0.3 is 11.1 Å². The van der Waals surface area contributed by atoms with Crippen molar-refractivity contribution >= 4 is 27.5 Å². The van der Waals surface area contributed by atoms with E-state index >= 15 is 0 Å². The van der Waals surface area contributed by atoms with Crippen molar-refractivity contribution in [1.29, 1.82) is 0 Å². The maximum Gasteiger partial charge on any atom is 0.251 e. The summed E-state index contributed by atoms with van der Waals surface area (Å²) in [6.07, 6.45) is 0. The van der Waals surface area contributed by atoms with Gasteiger partial charge in [-0.1, -0.05) is 15.9 Å². The van der Waals surface area contributed by atoms with Gasteiger partial charge in [0.1, 0.15) is 5.82 Å². The van der Waals surface area contributed by atoms with Crippen molar-refractivity contribution in [2.75, 3.05) is 5.73 Å². The van der Waals surface area contributed by atoms with Gasteiger partial charge in [-0.2, -0.15) is 0 Å². The first-order valence-corrected chi connectivity index (χ1v) is 6.85. The van der Waals surface area contributed by atoms with Crippen LogP contribution in [0.15, 0.2) is 40.9 Å². The molecule has 0 fully saturated rings. The van der Waals surface area contributed by atoms with E-state index in [0.29, 0.717) is 16.8 Å². The number of anilines is 1. The van der Waals surface area contributed by atoms with Crippen molar-refractivity contribution in [2.45, 2.75) is 13.5 Å². The quantitative estimate of drug-likeness (QED) is 0.844. The molecule has 0 aliphatic carbocycles. The van der Waals surface area contributed by atoms with Crippen LogP contribution in [0.2, 0.25) is 0 Å². The number of benzene rings is 2. The fourth-order valence-corrected chi connectivity index (χ4v) is 2.30. The molecule has 0 spiro atoms. The third-order valence-corrected chi connectivity index (χ3v) is 3.44. The highest BCUT2D eigenvalue weighted by molar-refractivity contribution is 9.10. The summed E-state index contributed by atoms with van der Waals surface area (Å²) in [7, 11) is 0. The van der Waals surface area contributed by atoms with Gasteiger partial charge in [-0.15, -0.1) is 0 Å². The fourth-order valence-electron chi connectivity index (χ4n) is 1.89. The molecule has 0 atom stereocenters. The topological polar surface area (TPSA) is 55.1 Å². The Morgan fingerprint density at radius 3 is 2.75 bits per heavy atom. The lowest BCUT2D eigenvalue weighted by Gasteiger charge is -2.09. The SMILES string of the molecule is Cc1cc(N)ccc1C(=O)NCc1cc(Br)ccc1F. The van der Waals surface area contributed by atoms with E-state index in [1.54, 1.807) is 30.3 Å². The van der Waals surface area contributed by atoms with Gasteiger partial charge in [-0.3, -0.25) is 4.79 Å². The Morgan fingerprint density at radius 1 is 1.30 bits per heavy atom. The molecule has 2 aromatic carbocycles. The van der Waals surface area contributed by atoms with Gasteiger partial charge in [0, 0.05) is 27.8 Å². The predicted octanol–water partition coefficient (Wildman–Crippen LogP) is 3.41. The van der Waals surface area contributed by atoms with Gasteiger partial charge in [0.2, 0.25) is 0 Å². The second-order valence-corrected chi connectivity index (χ2v) is 5.41. The average molecular weight is 337 g/mol. The lowest BCUT2D eigenvalue weighted by molar-refractivity contribution is 0.0950. The molecule has 0 aromatic heterocycles. The van der Waals surface area contributed by atoms with Crippen LogP contribution < -0.4 is 11.1 Å². The summed E-state index contributed by atoms with van der Waals surface area (Å²) < 4.78 is 14.3. The Kier molecular flexibility index (Phi) is 4.39. The number of halogens is 2. The second kappa shape index (κ2) is 6.05. The zero-order valence-electron chi connectivity index (χ0n) is 10.9. The van der Waals surface area contributed by atoms with Gasteiger partial charge in [-0.05, 0) is 48.9 Å². The first kappa shape index (κ1) is 14.5. The fraction of sp³-hybridized carbons (Fsp3) is 0.133. The largest absolute Gasteiger partial charge is 0.399 e. The van der Waals surface area contributed by atoms with Gasteiger partial charge >= 0.3 is 0 Å². The van der Waals surface area contributed by atoms with Crippen LogP contribution in [0.1, 0.15) is 21.5 Å². The molecule has 5 heteroatoms. The highest BCUT2D eigenvalue weighted by Gasteiger charge is 2.10. The molecule has 0 aliphatic rings. The number of carbonyl (C=O) groups excluding carboxylic acids is 1. The van der Waals surface area contributed by atoms with Gasteiger partial charge in [0.05, 0.1) is 0 Å². The second-order valence-electron chi connectivity index (χ2n) is 4.49. The molecule has 0 aliphatic heterocycles. The maximum absolute atomic E-state index is 13.6. The number of hydrogen-bond acceptors (Lipinski definition) is 2. The number of rotatable bonds is 3. The van der Waals surface area contributed by atoms with Gasteiger partial charge in [0.25, 0.3) is 5.91 Å². The molecule has 1 amide bonds. The minimum absolute atomic E-state index is 0.133. The summed E-state index contributed by atoms with van der Waals surface area (Å²) in [5, 5.41) is 2.70. The van der Waals surface area contributed by atoms with Gasteiger partial charge in [0.15, 0.2) is 0 Å². The van der Waals surface area contributed by atoms with E-state index in [0.717, 1.165) is 10.0 Å². The zero-order chi connectivity index (χ0) is 14.7. The summed E-state index contributed by atoms with van der Waals surface area (Å²) >= 11 is 3.27. The highest BCUT2D eigenvalue weighted by Crippen LogP contribution is 2.16. The molecule has 2 rings (SSSR count). The number of nitrogens with two attached hydrogens (primary N) is 1. The Balaban J connectivity index is 2.10. The minimum atomic E-state index is -0.345. The number of hydrogen-bond donors (Lipinski definition) is 2. The van der Waals surface area contributed by atoms with Crippen LogP contribution in [0.4, 0.5) is 10.1 Å². The monoisotopic (exact) mass is 336 g/mol. The van der Waals surface area contributed by atoms with Gasteiger partial charge in [-0.25, -0.2) is 4.39 Å². The maximum atomic E-state index is 13.6. The molecule has 0 bridgehead atoms. The summed E-state index contributed by atoms with van der Waals surface area (Å²) in [6.45, 7) is 1.94. The average Bonchev–Trinajstić information content (AvgIpc) is 2.39. The molecule has 2 aromatic rings. The Morgan fingerprint density at radius 2 is 2.05 bits per heavy atom. The minimum Gasteiger partial charge on any atom is -0.399 e. The first-order chi connectivity index (χ1) is 9.47. The van der Waals surface area contributed by atoms with Crippen LogP contribution in [0.3, 0.4) is 0 Å².